The summed E-state index contributed by atoms with van der Waals surface area (Å²) in [6.45, 7) is 6.44. The molecule has 1 heterocycles. The van der Waals surface area contributed by atoms with Crippen LogP contribution in [0.2, 0.25) is 5.02 Å². The molecule has 168 valence electrons. The molecule has 0 saturated heterocycles. The van der Waals surface area contributed by atoms with Gasteiger partial charge in [-0.2, -0.15) is 5.10 Å². The summed E-state index contributed by atoms with van der Waals surface area (Å²) < 4.78 is 6.98. The number of benzene rings is 3. The first-order chi connectivity index (χ1) is 15.7. The van der Waals surface area contributed by atoms with E-state index in [0.29, 0.717) is 16.4 Å². The van der Waals surface area contributed by atoms with Crippen molar-refractivity contribution in [3.63, 3.8) is 0 Å². The van der Waals surface area contributed by atoms with E-state index in [9.17, 15) is 4.79 Å². The molecule has 5 nitrogen and oxygen atoms in total. The molecule has 0 fully saturated rings. The second-order valence-corrected chi connectivity index (χ2v) is 9.25. The van der Waals surface area contributed by atoms with E-state index < -0.39 is 0 Å². The van der Waals surface area contributed by atoms with Crippen LogP contribution in [-0.4, -0.2) is 22.8 Å². The summed E-state index contributed by atoms with van der Waals surface area (Å²) >= 11 is 6.04. The summed E-state index contributed by atoms with van der Waals surface area (Å²) in [5.41, 5.74) is 4.20. The van der Waals surface area contributed by atoms with Crippen LogP contribution in [0.3, 0.4) is 0 Å². The van der Waals surface area contributed by atoms with Crippen LogP contribution in [0.4, 0.5) is 5.82 Å². The van der Waals surface area contributed by atoms with E-state index in [0.717, 1.165) is 22.7 Å². The molecule has 0 aliphatic heterocycles. The number of halogens is 1. The highest BCUT2D eigenvalue weighted by Crippen LogP contribution is 2.28. The Labute approximate surface area is 199 Å². The number of aromatic nitrogens is 2. The second-order valence-electron chi connectivity index (χ2n) is 8.81. The van der Waals surface area contributed by atoms with Crippen molar-refractivity contribution in [3.8, 4) is 22.7 Å². The lowest BCUT2D eigenvalue weighted by atomic mass is 9.87. The Morgan fingerprint density at radius 2 is 1.58 bits per heavy atom. The van der Waals surface area contributed by atoms with Crippen LogP contribution in [0, 0.1) is 0 Å². The Morgan fingerprint density at radius 1 is 0.939 bits per heavy atom. The molecule has 6 heteroatoms. The van der Waals surface area contributed by atoms with Crippen molar-refractivity contribution < 1.29 is 9.53 Å². The van der Waals surface area contributed by atoms with Crippen LogP contribution in [0.5, 0.6) is 5.75 Å². The minimum Gasteiger partial charge on any atom is -0.497 e. The van der Waals surface area contributed by atoms with E-state index >= 15 is 0 Å². The Kier molecular flexibility index (Phi) is 6.25. The van der Waals surface area contributed by atoms with Gasteiger partial charge in [0.15, 0.2) is 0 Å². The highest BCUT2D eigenvalue weighted by molar-refractivity contribution is 6.30. The Balaban J connectivity index is 1.69. The number of nitrogens with zero attached hydrogens (tertiary/aromatic N) is 2. The van der Waals surface area contributed by atoms with Crippen LogP contribution in [-0.2, 0) is 5.41 Å². The lowest BCUT2D eigenvalue weighted by Crippen LogP contribution is -2.16. The maximum Gasteiger partial charge on any atom is 0.256 e. The van der Waals surface area contributed by atoms with Gasteiger partial charge in [-0.15, -0.1) is 0 Å². The minimum absolute atomic E-state index is 0.0233. The fraction of sp³-hybridized carbons (Fsp3) is 0.185. The molecular formula is C27H26ClN3O2. The number of amides is 1. The average Bonchev–Trinajstić information content (AvgIpc) is 3.22. The van der Waals surface area contributed by atoms with E-state index in [1.807, 2.05) is 78.9 Å². The van der Waals surface area contributed by atoms with Gasteiger partial charge in [0, 0.05) is 22.2 Å². The third-order valence-electron chi connectivity index (χ3n) is 5.42. The molecule has 4 rings (SSSR count). The van der Waals surface area contributed by atoms with Gasteiger partial charge in [-0.3, -0.25) is 4.79 Å². The second kappa shape index (κ2) is 9.12. The lowest BCUT2D eigenvalue weighted by molar-refractivity contribution is 0.102. The van der Waals surface area contributed by atoms with Crippen LogP contribution in [0.25, 0.3) is 16.9 Å². The summed E-state index contributed by atoms with van der Waals surface area (Å²) in [4.78, 5) is 13.1. The SMILES string of the molecule is COc1ccc(-n2nc(-c3ccc(Cl)cc3)cc2NC(=O)c2ccc(C(C)(C)C)cc2)cc1. The molecule has 0 unspecified atom stereocenters. The molecule has 0 aliphatic carbocycles. The molecule has 1 aromatic heterocycles. The largest absolute Gasteiger partial charge is 0.497 e. The summed E-state index contributed by atoms with van der Waals surface area (Å²) in [7, 11) is 1.62. The highest BCUT2D eigenvalue weighted by Gasteiger charge is 2.17. The van der Waals surface area contributed by atoms with E-state index in [2.05, 4.69) is 26.1 Å². The number of rotatable bonds is 5. The van der Waals surface area contributed by atoms with Crippen molar-refractivity contribution in [2.75, 3.05) is 12.4 Å². The number of hydrogen-bond acceptors (Lipinski definition) is 3. The van der Waals surface area contributed by atoms with Crippen molar-refractivity contribution in [3.05, 3.63) is 95.0 Å². The zero-order valence-corrected chi connectivity index (χ0v) is 19.9. The molecule has 0 radical (unpaired) electrons. The topological polar surface area (TPSA) is 56.1 Å². The zero-order chi connectivity index (χ0) is 23.6. The predicted octanol–water partition coefficient (Wildman–Crippen LogP) is 6.75. The van der Waals surface area contributed by atoms with Crippen molar-refractivity contribution in [1.29, 1.82) is 0 Å². The Bertz CT molecular complexity index is 1250. The van der Waals surface area contributed by atoms with Gasteiger partial charge in [-0.1, -0.05) is 56.6 Å². The normalized spacial score (nSPS) is 11.3. The monoisotopic (exact) mass is 459 g/mol. The van der Waals surface area contributed by atoms with E-state index in [1.54, 1.807) is 11.8 Å². The Hall–Kier alpha value is -3.57. The van der Waals surface area contributed by atoms with Gasteiger partial charge < -0.3 is 10.1 Å². The number of carbonyl (C=O) groups is 1. The average molecular weight is 460 g/mol. The van der Waals surface area contributed by atoms with Crippen LogP contribution in [0.15, 0.2) is 78.9 Å². The van der Waals surface area contributed by atoms with Crippen LogP contribution >= 0.6 is 11.6 Å². The van der Waals surface area contributed by atoms with E-state index in [-0.39, 0.29) is 11.3 Å². The maximum atomic E-state index is 13.1. The molecule has 3 aromatic carbocycles. The number of nitrogens with one attached hydrogen (secondary N) is 1. The van der Waals surface area contributed by atoms with Crippen molar-refractivity contribution in [2.45, 2.75) is 26.2 Å². The molecular weight excluding hydrogens is 434 g/mol. The predicted molar refractivity (Wildman–Crippen MR) is 134 cm³/mol. The van der Waals surface area contributed by atoms with Gasteiger partial charge in [0.2, 0.25) is 0 Å². The summed E-state index contributed by atoms with van der Waals surface area (Å²) in [5, 5.41) is 8.42. The van der Waals surface area contributed by atoms with E-state index in [1.165, 1.54) is 5.56 Å². The van der Waals surface area contributed by atoms with E-state index in [4.69, 9.17) is 21.4 Å². The van der Waals surface area contributed by atoms with Crippen molar-refractivity contribution >= 4 is 23.3 Å². The highest BCUT2D eigenvalue weighted by atomic mass is 35.5. The fourth-order valence-electron chi connectivity index (χ4n) is 3.46. The third kappa shape index (κ3) is 5.10. The van der Waals surface area contributed by atoms with Gasteiger partial charge in [0.25, 0.3) is 5.91 Å². The number of carbonyl (C=O) groups excluding carboxylic acids is 1. The van der Waals surface area contributed by atoms with Gasteiger partial charge in [0.1, 0.15) is 11.6 Å². The van der Waals surface area contributed by atoms with Crippen LogP contribution in [0.1, 0.15) is 36.7 Å². The first-order valence-corrected chi connectivity index (χ1v) is 11.0. The third-order valence-corrected chi connectivity index (χ3v) is 5.67. The molecule has 0 spiro atoms. The molecule has 4 aromatic rings. The van der Waals surface area contributed by atoms with Gasteiger partial charge in [-0.05, 0) is 59.5 Å². The standard InChI is InChI=1S/C27H26ClN3O2/c1-27(2,3)20-9-5-19(6-10-20)26(32)29-25-17-24(18-7-11-21(28)12-8-18)30-31(25)22-13-15-23(33-4)16-14-22/h5-17H,1-4H3,(H,29,32). The lowest BCUT2D eigenvalue weighted by Gasteiger charge is -2.19. The quantitative estimate of drug-likeness (QED) is 0.359. The number of ether oxygens (including phenoxy) is 1. The molecule has 0 atom stereocenters. The van der Waals surface area contributed by atoms with Gasteiger partial charge in [0.05, 0.1) is 18.5 Å². The number of hydrogen-bond donors (Lipinski definition) is 1. The number of methoxy groups -OCH3 is 1. The molecule has 33 heavy (non-hydrogen) atoms. The fourth-order valence-corrected chi connectivity index (χ4v) is 3.59. The first-order valence-electron chi connectivity index (χ1n) is 10.7. The Morgan fingerprint density at radius 3 is 2.15 bits per heavy atom. The molecule has 1 N–H and O–H groups in total. The summed E-state index contributed by atoms with van der Waals surface area (Å²) in [6.07, 6.45) is 0. The smallest absolute Gasteiger partial charge is 0.256 e. The molecule has 0 aliphatic rings. The molecule has 0 bridgehead atoms. The molecule has 1 amide bonds. The minimum atomic E-state index is -0.201. The van der Waals surface area contributed by atoms with Crippen LogP contribution < -0.4 is 10.1 Å². The maximum absolute atomic E-state index is 13.1. The van der Waals surface area contributed by atoms with Gasteiger partial charge >= 0.3 is 0 Å². The molecule has 0 saturated carbocycles. The van der Waals surface area contributed by atoms with Crippen molar-refractivity contribution in [2.24, 2.45) is 0 Å². The summed E-state index contributed by atoms with van der Waals surface area (Å²) in [6, 6.07) is 24.5. The summed E-state index contributed by atoms with van der Waals surface area (Å²) in [5.74, 6) is 1.11. The van der Waals surface area contributed by atoms with Gasteiger partial charge in [-0.25, -0.2) is 4.68 Å². The zero-order valence-electron chi connectivity index (χ0n) is 19.1. The number of anilines is 1. The first kappa shape index (κ1) is 22.6. The van der Waals surface area contributed by atoms with Crippen molar-refractivity contribution in [1.82, 2.24) is 9.78 Å².